The molecule has 0 aliphatic carbocycles. The highest BCUT2D eigenvalue weighted by Gasteiger charge is 2.38. The largest absolute Gasteiger partial charge is 1.00 e. The van der Waals surface area contributed by atoms with Gasteiger partial charge in [0.25, 0.3) is 0 Å². The monoisotopic (exact) mass is 466 g/mol. The van der Waals surface area contributed by atoms with Crippen molar-refractivity contribution in [1.82, 2.24) is 9.80 Å². The number of hydrogen-bond donors (Lipinski definition) is 0. The standard InChI is InChI=1S/C18H36N4.2BrH/c1(3-11-21-13-5-19(6-14-21)7-15-21)2-4-12-22-16-8-20(9-17-22)10-18-22;;/h1-18H2;2*1H/q+2;;/p-2. The number of rotatable bonds is 7. The molecule has 24 heavy (non-hydrogen) atoms. The number of nitrogens with zero attached hydrogens (tertiary/aromatic N) is 4. The number of fused-ring (bicyclic) bond motifs is 6. The third-order valence-electron chi connectivity index (χ3n) is 7.36. The molecule has 0 N–H and O–H groups in total. The first-order valence-corrected chi connectivity index (χ1v) is 9.93. The molecule has 0 spiro atoms. The Bertz CT molecular complexity index is 314. The van der Waals surface area contributed by atoms with Crippen LogP contribution < -0.4 is 34.0 Å². The van der Waals surface area contributed by atoms with Crippen molar-refractivity contribution >= 4 is 0 Å². The molecule has 0 amide bonds. The molecule has 6 saturated heterocycles. The molecular weight excluding hydrogens is 432 g/mol. The zero-order valence-corrected chi connectivity index (χ0v) is 18.4. The summed E-state index contributed by atoms with van der Waals surface area (Å²) in [6, 6.07) is 0. The van der Waals surface area contributed by atoms with Crippen LogP contribution in [0.15, 0.2) is 0 Å². The first-order chi connectivity index (χ1) is 10.8. The fraction of sp³-hybridized carbons (Fsp3) is 1.00. The molecule has 0 radical (unpaired) electrons. The van der Waals surface area contributed by atoms with Crippen molar-refractivity contribution in [3.05, 3.63) is 0 Å². The number of hydrogen-bond acceptors (Lipinski definition) is 2. The summed E-state index contributed by atoms with van der Waals surface area (Å²) in [6.45, 7) is 19.8. The van der Waals surface area contributed by atoms with Gasteiger partial charge in [0, 0.05) is 39.3 Å². The van der Waals surface area contributed by atoms with Crippen LogP contribution in [0.4, 0.5) is 0 Å². The van der Waals surface area contributed by atoms with E-state index in [1.165, 1.54) is 126 Å². The van der Waals surface area contributed by atoms with E-state index in [1.54, 1.807) is 0 Å². The predicted molar refractivity (Wildman–Crippen MR) is 90.8 cm³/mol. The smallest absolute Gasteiger partial charge is 0.0916 e. The highest BCUT2D eigenvalue weighted by Crippen LogP contribution is 2.22. The molecule has 6 aliphatic rings. The van der Waals surface area contributed by atoms with Crippen LogP contribution in [-0.2, 0) is 0 Å². The van der Waals surface area contributed by atoms with Crippen LogP contribution in [0.25, 0.3) is 0 Å². The van der Waals surface area contributed by atoms with Crippen molar-refractivity contribution in [2.24, 2.45) is 0 Å². The minimum Gasteiger partial charge on any atom is -1.00 e. The SMILES string of the molecule is C(CCC[N+]12CCN(CC1)CC2)CC[N+]12CCN(CC1)CC2.[Br-].[Br-]. The van der Waals surface area contributed by atoms with E-state index >= 15 is 0 Å². The Kier molecular flexibility index (Phi) is 8.03. The summed E-state index contributed by atoms with van der Waals surface area (Å²) in [6.07, 6.45) is 5.92. The van der Waals surface area contributed by atoms with Crippen LogP contribution >= 0.6 is 0 Å². The van der Waals surface area contributed by atoms with Gasteiger partial charge in [0.15, 0.2) is 0 Å². The predicted octanol–water partition coefficient (Wildman–Crippen LogP) is -5.15. The summed E-state index contributed by atoms with van der Waals surface area (Å²) >= 11 is 0. The van der Waals surface area contributed by atoms with Crippen molar-refractivity contribution in [3.8, 4) is 0 Å². The summed E-state index contributed by atoms with van der Waals surface area (Å²) in [4.78, 5) is 5.32. The summed E-state index contributed by atoms with van der Waals surface area (Å²) in [5, 5.41) is 0. The van der Waals surface area contributed by atoms with Crippen molar-refractivity contribution in [2.75, 3.05) is 91.6 Å². The molecule has 0 saturated carbocycles. The molecule has 6 rings (SSSR count). The van der Waals surface area contributed by atoms with Gasteiger partial charge in [-0.1, -0.05) is 0 Å². The molecule has 4 bridgehead atoms. The lowest BCUT2D eigenvalue weighted by atomic mass is 10.1. The Balaban J connectivity index is 0.00000104. The van der Waals surface area contributed by atoms with Gasteiger partial charge in [-0.3, -0.25) is 9.80 Å². The Morgan fingerprint density at radius 2 is 0.750 bits per heavy atom. The second-order valence-corrected chi connectivity index (χ2v) is 8.57. The number of halogens is 2. The second-order valence-electron chi connectivity index (χ2n) is 8.57. The van der Waals surface area contributed by atoms with Crippen LogP contribution in [0.5, 0.6) is 0 Å². The van der Waals surface area contributed by atoms with Gasteiger partial charge in [-0.05, 0) is 25.7 Å². The average molecular weight is 468 g/mol. The molecule has 4 nitrogen and oxygen atoms in total. The normalized spacial score (nSPS) is 40.0. The molecule has 0 aromatic heterocycles. The summed E-state index contributed by atoms with van der Waals surface area (Å²) < 4.78 is 2.93. The second kappa shape index (κ2) is 9.14. The van der Waals surface area contributed by atoms with Crippen molar-refractivity contribution in [2.45, 2.75) is 25.7 Å². The average Bonchev–Trinajstić information content (AvgIpc) is 2.61. The van der Waals surface area contributed by atoms with Gasteiger partial charge in [0.2, 0.25) is 0 Å². The van der Waals surface area contributed by atoms with Crippen LogP contribution in [0.1, 0.15) is 25.7 Å². The third-order valence-corrected chi connectivity index (χ3v) is 7.36. The van der Waals surface area contributed by atoms with Gasteiger partial charge >= 0.3 is 0 Å². The van der Waals surface area contributed by atoms with E-state index in [0.717, 1.165) is 0 Å². The van der Waals surface area contributed by atoms with Crippen molar-refractivity contribution in [3.63, 3.8) is 0 Å². The first kappa shape index (κ1) is 21.1. The third kappa shape index (κ3) is 4.74. The van der Waals surface area contributed by atoms with E-state index in [1.807, 2.05) is 0 Å². The van der Waals surface area contributed by atoms with Crippen LogP contribution in [0.2, 0.25) is 0 Å². The molecule has 6 fully saturated rings. The Morgan fingerprint density at radius 3 is 1.04 bits per heavy atom. The van der Waals surface area contributed by atoms with E-state index in [4.69, 9.17) is 0 Å². The summed E-state index contributed by atoms with van der Waals surface area (Å²) in [5.41, 5.74) is 0. The molecule has 6 heterocycles. The molecule has 0 atom stereocenters. The van der Waals surface area contributed by atoms with E-state index in [-0.39, 0.29) is 34.0 Å². The topological polar surface area (TPSA) is 6.48 Å². The van der Waals surface area contributed by atoms with Gasteiger partial charge in [-0.2, -0.15) is 0 Å². The van der Waals surface area contributed by atoms with Gasteiger partial charge in [0.05, 0.1) is 52.4 Å². The lowest BCUT2D eigenvalue weighted by Gasteiger charge is -2.51. The van der Waals surface area contributed by atoms with Gasteiger partial charge < -0.3 is 42.9 Å². The number of piperazine rings is 6. The van der Waals surface area contributed by atoms with Gasteiger partial charge in [-0.15, -0.1) is 0 Å². The molecule has 6 heteroatoms. The molecule has 0 aromatic carbocycles. The van der Waals surface area contributed by atoms with Crippen molar-refractivity contribution < 1.29 is 42.9 Å². The van der Waals surface area contributed by atoms with Gasteiger partial charge in [-0.25, -0.2) is 0 Å². The fourth-order valence-corrected chi connectivity index (χ4v) is 5.38. The Morgan fingerprint density at radius 1 is 0.458 bits per heavy atom. The Labute approximate surface area is 169 Å². The Hall–Kier alpha value is 0.800. The molecule has 6 aliphatic heterocycles. The van der Waals surface area contributed by atoms with Crippen molar-refractivity contribution in [1.29, 1.82) is 0 Å². The van der Waals surface area contributed by atoms with E-state index in [0.29, 0.717) is 0 Å². The maximum Gasteiger partial charge on any atom is 0.0916 e. The molecular formula is C18H36Br2N4. The van der Waals surface area contributed by atoms with E-state index < -0.39 is 0 Å². The summed E-state index contributed by atoms with van der Waals surface area (Å²) in [5.74, 6) is 0. The lowest BCUT2D eigenvalue weighted by Crippen LogP contribution is -3.00. The van der Waals surface area contributed by atoms with E-state index in [2.05, 4.69) is 9.80 Å². The molecule has 0 unspecified atom stereocenters. The van der Waals surface area contributed by atoms with Gasteiger partial charge in [0.1, 0.15) is 0 Å². The zero-order chi connectivity index (χ0) is 14.9. The maximum atomic E-state index is 2.66. The van der Waals surface area contributed by atoms with Crippen LogP contribution in [0, 0.1) is 0 Å². The molecule has 142 valence electrons. The zero-order valence-electron chi connectivity index (χ0n) is 15.3. The minimum atomic E-state index is 0. The quantitative estimate of drug-likeness (QED) is 0.273. The number of quaternary nitrogens is 2. The summed E-state index contributed by atoms with van der Waals surface area (Å²) in [7, 11) is 0. The highest BCUT2D eigenvalue weighted by molar-refractivity contribution is 4.72. The minimum absolute atomic E-state index is 0. The van der Waals surface area contributed by atoms with E-state index in [9.17, 15) is 0 Å². The number of unbranched alkanes of at least 4 members (excludes halogenated alkanes) is 3. The first-order valence-electron chi connectivity index (χ1n) is 9.93. The molecule has 0 aromatic rings. The van der Waals surface area contributed by atoms with Crippen LogP contribution in [0.3, 0.4) is 0 Å². The lowest BCUT2D eigenvalue weighted by molar-refractivity contribution is -0.941. The highest BCUT2D eigenvalue weighted by atomic mass is 79.9. The van der Waals surface area contributed by atoms with Crippen LogP contribution in [-0.4, -0.2) is 110 Å². The maximum absolute atomic E-state index is 2.66. The fourth-order valence-electron chi connectivity index (χ4n) is 5.38.